The van der Waals surface area contributed by atoms with Crippen molar-refractivity contribution in [1.82, 2.24) is 25.9 Å². The number of pyridine rings is 1. The number of thiocarbonyl (C=S) groups is 1. The minimum absolute atomic E-state index is 0.153. The van der Waals surface area contributed by atoms with E-state index in [0.29, 0.717) is 52.0 Å². The summed E-state index contributed by atoms with van der Waals surface area (Å²) in [5.74, 6) is -0.865. The lowest BCUT2D eigenvalue weighted by atomic mass is 10.0. The van der Waals surface area contributed by atoms with Gasteiger partial charge in [-0.1, -0.05) is 18.9 Å². The number of nitrogens with zero attached hydrogens (tertiary/aromatic N) is 1. The highest BCUT2D eigenvalue weighted by molar-refractivity contribution is 7.80. The summed E-state index contributed by atoms with van der Waals surface area (Å²) in [4.78, 5) is 32.6. The number of aromatic amines is 1. The predicted molar refractivity (Wildman–Crippen MR) is 156 cm³/mol. The number of anilines is 1. The Bertz CT molecular complexity index is 1390. The van der Waals surface area contributed by atoms with E-state index in [1.54, 1.807) is 18.3 Å². The molecule has 5 N–H and O–H groups in total. The molecule has 1 aromatic carbocycles. The fourth-order valence-electron chi connectivity index (χ4n) is 4.55. The number of nitrogens with one attached hydrogen (secondary N) is 5. The largest absolute Gasteiger partial charge is 0.363 e. The molecule has 1 aliphatic rings. The van der Waals surface area contributed by atoms with Crippen molar-refractivity contribution in [1.29, 1.82) is 0 Å². The summed E-state index contributed by atoms with van der Waals surface area (Å²) in [6.07, 6.45) is 9.10. The number of halogens is 1. The first kappa shape index (κ1) is 28.0. The maximum atomic E-state index is 13.8. The number of rotatable bonds is 11. The zero-order valence-corrected chi connectivity index (χ0v) is 22.9. The van der Waals surface area contributed by atoms with Crippen molar-refractivity contribution in [3.63, 3.8) is 0 Å². The number of carbonyl (C=O) groups excluding carboxylic acids is 2. The van der Waals surface area contributed by atoms with Gasteiger partial charge in [0.25, 0.3) is 11.8 Å². The molecule has 2 aromatic heterocycles. The second-order valence-corrected chi connectivity index (χ2v) is 9.91. The molecule has 2 amide bonds. The van der Waals surface area contributed by atoms with Crippen LogP contribution in [0.3, 0.4) is 0 Å². The monoisotopic (exact) mass is 548 g/mol. The highest BCUT2D eigenvalue weighted by Crippen LogP contribution is 2.34. The fraction of sp³-hybridized carbons (Fsp3) is 0.310. The van der Waals surface area contributed by atoms with E-state index in [1.807, 2.05) is 32.2 Å². The second-order valence-electron chi connectivity index (χ2n) is 9.51. The molecule has 1 aliphatic heterocycles. The van der Waals surface area contributed by atoms with E-state index >= 15 is 0 Å². The van der Waals surface area contributed by atoms with E-state index in [2.05, 4.69) is 31.2 Å². The van der Waals surface area contributed by atoms with Crippen molar-refractivity contribution in [2.75, 3.05) is 18.4 Å². The summed E-state index contributed by atoms with van der Waals surface area (Å²) in [5.41, 5.74) is 5.20. The van der Waals surface area contributed by atoms with Crippen LogP contribution in [0, 0.1) is 19.7 Å². The van der Waals surface area contributed by atoms with Gasteiger partial charge in [-0.2, -0.15) is 0 Å². The van der Waals surface area contributed by atoms with E-state index in [1.165, 1.54) is 12.1 Å². The van der Waals surface area contributed by atoms with Crippen LogP contribution in [-0.2, 0) is 11.3 Å². The SMILES string of the molecule is Cc1[nH]c(C=C2C(=O)Nc3ccc(F)cc32)c(C)c1C(=O)NCCCCCCNC(=S)NCc1cccnc1. The van der Waals surface area contributed by atoms with Gasteiger partial charge in [0.1, 0.15) is 5.82 Å². The van der Waals surface area contributed by atoms with Gasteiger partial charge < -0.3 is 26.3 Å². The first-order valence-corrected chi connectivity index (χ1v) is 13.4. The van der Waals surface area contributed by atoms with Crippen LogP contribution < -0.4 is 21.3 Å². The molecule has 0 atom stereocenters. The normalized spacial score (nSPS) is 13.2. The summed E-state index contributed by atoms with van der Waals surface area (Å²) in [5, 5.41) is 12.8. The molecule has 3 heterocycles. The molecular weight excluding hydrogens is 515 g/mol. The molecule has 0 radical (unpaired) electrons. The van der Waals surface area contributed by atoms with Gasteiger partial charge in [0, 0.05) is 54.7 Å². The maximum Gasteiger partial charge on any atom is 0.256 e. The molecule has 0 aliphatic carbocycles. The Hall–Kier alpha value is -4.05. The number of unbranched alkanes of at least 4 members (excludes halogenated alkanes) is 3. The predicted octanol–water partition coefficient (Wildman–Crippen LogP) is 4.61. The van der Waals surface area contributed by atoms with Gasteiger partial charge in [-0.15, -0.1) is 0 Å². The third kappa shape index (κ3) is 7.29. The molecule has 3 aromatic rings. The van der Waals surface area contributed by atoms with Crippen molar-refractivity contribution in [2.24, 2.45) is 0 Å². The standard InChI is InChI=1S/C29H33FN6O2S/c1-18-25(15-23-22-14-21(30)9-10-24(22)36-27(23)37)35-19(2)26(18)28(38)32-12-5-3-4-6-13-33-29(39)34-17-20-8-7-11-31-16-20/h7-11,14-16,35H,3-6,12-13,17H2,1-2H3,(H,32,38)(H,36,37)(H2,33,34,39). The lowest BCUT2D eigenvalue weighted by Crippen LogP contribution is -2.35. The van der Waals surface area contributed by atoms with Crippen molar-refractivity contribution in [2.45, 2.75) is 46.1 Å². The molecule has 0 fully saturated rings. The lowest BCUT2D eigenvalue weighted by Gasteiger charge is -2.10. The number of H-pyrrole nitrogens is 1. The molecule has 8 nitrogen and oxygen atoms in total. The zero-order valence-electron chi connectivity index (χ0n) is 22.1. The van der Waals surface area contributed by atoms with Crippen molar-refractivity contribution in [3.05, 3.63) is 82.2 Å². The third-order valence-electron chi connectivity index (χ3n) is 6.61. The topological polar surface area (TPSA) is 111 Å². The van der Waals surface area contributed by atoms with Gasteiger partial charge in [-0.3, -0.25) is 14.6 Å². The van der Waals surface area contributed by atoms with E-state index in [9.17, 15) is 14.0 Å². The summed E-state index contributed by atoms with van der Waals surface area (Å²) in [6, 6.07) is 8.08. The zero-order chi connectivity index (χ0) is 27.8. The van der Waals surface area contributed by atoms with E-state index in [4.69, 9.17) is 12.2 Å². The number of hydrogen-bond donors (Lipinski definition) is 5. The molecule has 0 saturated carbocycles. The Morgan fingerprint density at radius 1 is 1.08 bits per heavy atom. The van der Waals surface area contributed by atoms with Gasteiger partial charge in [-0.05, 0) is 80.4 Å². The van der Waals surface area contributed by atoms with E-state index in [0.717, 1.165) is 43.4 Å². The molecule has 10 heteroatoms. The molecule has 0 spiro atoms. The molecule has 0 bridgehead atoms. The lowest BCUT2D eigenvalue weighted by molar-refractivity contribution is -0.110. The number of carbonyl (C=O) groups is 2. The smallest absolute Gasteiger partial charge is 0.256 e. The van der Waals surface area contributed by atoms with Crippen LogP contribution in [0.4, 0.5) is 10.1 Å². The van der Waals surface area contributed by atoms with Gasteiger partial charge in [0.2, 0.25) is 0 Å². The van der Waals surface area contributed by atoms with Gasteiger partial charge >= 0.3 is 0 Å². The average Bonchev–Trinajstić information content (AvgIpc) is 3.38. The number of hydrogen-bond acceptors (Lipinski definition) is 4. The Kier molecular flexibility index (Phi) is 9.43. The van der Waals surface area contributed by atoms with Crippen LogP contribution in [-0.4, -0.2) is 40.0 Å². The minimum atomic E-state index is -0.413. The number of benzene rings is 1. The molecule has 39 heavy (non-hydrogen) atoms. The van der Waals surface area contributed by atoms with Gasteiger partial charge in [-0.25, -0.2) is 4.39 Å². The average molecular weight is 549 g/mol. The summed E-state index contributed by atoms with van der Waals surface area (Å²) >= 11 is 5.31. The van der Waals surface area contributed by atoms with Crippen LogP contribution >= 0.6 is 12.2 Å². The Morgan fingerprint density at radius 3 is 2.59 bits per heavy atom. The number of aromatic nitrogens is 2. The van der Waals surface area contributed by atoms with Crippen LogP contribution in [0.15, 0.2) is 42.7 Å². The fourth-order valence-corrected chi connectivity index (χ4v) is 4.72. The quantitative estimate of drug-likeness (QED) is 0.136. The number of fused-ring (bicyclic) bond motifs is 1. The Morgan fingerprint density at radius 2 is 1.85 bits per heavy atom. The highest BCUT2D eigenvalue weighted by Gasteiger charge is 2.26. The number of amides is 2. The molecule has 4 rings (SSSR count). The van der Waals surface area contributed by atoms with Crippen molar-refractivity contribution >= 4 is 46.5 Å². The first-order valence-electron chi connectivity index (χ1n) is 13.0. The van der Waals surface area contributed by atoms with Crippen LogP contribution in [0.2, 0.25) is 0 Å². The van der Waals surface area contributed by atoms with Crippen LogP contribution in [0.5, 0.6) is 0 Å². The maximum absolute atomic E-state index is 13.8. The number of aryl methyl sites for hydroxylation is 1. The second kappa shape index (κ2) is 13.1. The van der Waals surface area contributed by atoms with Crippen molar-refractivity contribution in [3.8, 4) is 0 Å². The molecule has 0 saturated heterocycles. The van der Waals surface area contributed by atoms with E-state index < -0.39 is 5.82 Å². The van der Waals surface area contributed by atoms with Gasteiger partial charge in [0.15, 0.2) is 5.11 Å². The van der Waals surface area contributed by atoms with Crippen LogP contribution in [0.1, 0.15) is 64.1 Å². The highest BCUT2D eigenvalue weighted by atomic mass is 32.1. The minimum Gasteiger partial charge on any atom is -0.363 e. The Labute approximate surface area is 232 Å². The van der Waals surface area contributed by atoms with E-state index in [-0.39, 0.29) is 11.8 Å². The molecular formula is C29H33FN6O2S. The summed E-state index contributed by atoms with van der Waals surface area (Å²) < 4.78 is 13.8. The first-order chi connectivity index (χ1) is 18.8. The van der Waals surface area contributed by atoms with Gasteiger partial charge in [0.05, 0.1) is 11.1 Å². The van der Waals surface area contributed by atoms with Crippen molar-refractivity contribution < 1.29 is 14.0 Å². The van der Waals surface area contributed by atoms with Crippen LogP contribution in [0.25, 0.3) is 11.6 Å². The molecule has 204 valence electrons. The third-order valence-corrected chi connectivity index (χ3v) is 6.90. The molecule has 0 unspecified atom stereocenters. The Balaban J connectivity index is 1.18. The summed E-state index contributed by atoms with van der Waals surface area (Å²) in [7, 11) is 0. The summed E-state index contributed by atoms with van der Waals surface area (Å²) in [6.45, 7) is 5.68.